The van der Waals surface area contributed by atoms with Crippen LogP contribution in [0.25, 0.3) is 10.9 Å². The van der Waals surface area contributed by atoms with Crippen molar-refractivity contribution in [2.45, 2.75) is 20.0 Å². The number of carbonyl (C=O) groups is 1. The number of hydrogen-bond acceptors (Lipinski definition) is 3. The smallest absolute Gasteiger partial charge is 0.256 e. The summed E-state index contributed by atoms with van der Waals surface area (Å²) in [5.41, 5.74) is 3.55. The number of carbonyl (C=O) groups excluding carboxylic acids is 1. The van der Waals surface area contributed by atoms with Crippen LogP contribution in [0, 0.1) is 0 Å². The molecule has 3 aromatic rings. The van der Waals surface area contributed by atoms with E-state index in [0.717, 1.165) is 23.2 Å². The number of aryl methyl sites for hydroxylation is 1. The molecule has 0 atom stereocenters. The largest absolute Gasteiger partial charge is 0.380 e. The average Bonchev–Trinajstić information content (AvgIpc) is 2.62. The minimum Gasteiger partial charge on any atom is -0.380 e. The van der Waals surface area contributed by atoms with Crippen LogP contribution in [-0.4, -0.2) is 18.0 Å². The van der Waals surface area contributed by atoms with Crippen LogP contribution in [0.4, 0.5) is 5.69 Å². The van der Waals surface area contributed by atoms with Crippen molar-refractivity contribution >= 4 is 22.5 Å². The molecular formula is C20H20N2O3. The molecule has 0 saturated carbocycles. The number of benzene rings is 2. The van der Waals surface area contributed by atoms with Crippen LogP contribution in [0.15, 0.2) is 53.3 Å². The van der Waals surface area contributed by atoms with Gasteiger partial charge in [-0.3, -0.25) is 9.59 Å². The first kappa shape index (κ1) is 16.9. The van der Waals surface area contributed by atoms with Gasteiger partial charge in [-0.15, -0.1) is 0 Å². The van der Waals surface area contributed by atoms with E-state index in [2.05, 4.69) is 10.3 Å². The molecule has 0 aliphatic rings. The predicted molar refractivity (Wildman–Crippen MR) is 99.1 cm³/mol. The molecule has 1 aromatic heterocycles. The zero-order valence-corrected chi connectivity index (χ0v) is 14.3. The monoisotopic (exact) mass is 336 g/mol. The lowest BCUT2D eigenvalue weighted by atomic mass is 10.1. The van der Waals surface area contributed by atoms with Gasteiger partial charge in [0.1, 0.15) is 0 Å². The first-order chi connectivity index (χ1) is 12.1. The molecule has 3 rings (SSSR count). The Morgan fingerprint density at radius 2 is 1.96 bits per heavy atom. The van der Waals surface area contributed by atoms with Gasteiger partial charge in [-0.25, -0.2) is 0 Å². The highest BCUT2D eigenvalue weighted by Crippen LogP contribution is 2.18. The van der Waals surface area contributed by atoms with Crippen LogP contribution in [0.5, 0.6) is 0 Å². The molecule has 5 nitrogen and oxygen atoms in total. The molecule has 0 aliphatic carbocycles. The number of amides is 1. The zero-order valence-electron chi connectivity index (χ0n) is 14.3. The lowest BCUT2D eigenvalue weighted by Gasteiger charge is -2.10. The number of methoxy groups -OCH3 is 1. The third kappa shape index (κ3) is 3.61. The summed E-state index contributed by atoms with van der Waals surface area (Å²) in [6.07, 6.45) is 0.764. The van der Waals surface area contributed by atoms with Crippen LogP contribution in [0.3, 0.4) is 0 Å². The first-order valence-corrected chi connectivity index (χ1v) is 8.16. The second-order valence-corrected chi connectivity index (χ2v) is 5.82. The van der Waals surface area contributed by atoms with Crippen molar-refractivity contribution < 1.29 is 9.53 Å². The van der Waals surface area contributed by atoms with E-state index in [1.54, 1.807) is 31.4 Å². The second-order valence-electron chi connectivity index (χ2n) is 5.82. The molecule has 0 spiro atoms. The highest BCUT2D eigenvalue weighted by atomic mass is 16.5. The Hall–Kier alpha value is -2.92. The van der Waals surface area contributed by atoms with E-state index in [9.17, 15) is 9.59 Å². The fraction of sp³-hybridized carbons (Fsp3) is 0.200. The summed E-state index contributed by atoms with van der Waals surface area (Å²) in [5, 5.41) is 3.41. The molecule has 1 amide bonds. The highest BCUT2D eigenvalue weighted by Gasteiger charge is 2.12. The molecule has 128 valence electrons. The number of aromatic nitrogens is 1. The Bertz CT molecular complexity index is 976. The molecule has 25 heavy (non-hydrogen) atoms. The predicted octanol–water partition coefficient (Wildman–Crippen LogP) is 3.49. The van der Waals surface area contributed by atoms with Gasteiger partial charge in [-0.1, -0.05) is 25.1 Å². The van der Waals surface area contributed by atoms with E-state index >= 15 is 0 Å². The van der Waals surface area contributed by atoms with Gasteiger partial charge < -0.3 is 15.0 Å². The lowest BCUT2D eigenvalue weighted by molar-refractivity contribution is 0.102. The van der Waals surface area contributed by atoms with Crippen molar-refractivity contribution in [3.63, 3.8) is 0 Å². The minimum absolute atomic E-state index is 0.0542. The molecule has 0 saturated heterocycles. The normalized spacial score (nSPS) is 10.8. The van der Waals surface area contributed by atoms with Gasteiger partial charge in [0.15, 0.2) is 5.43 Å². The quantitative estimate of drug-likeness (QED) is 0.749. The third-order valence-corrected chi connectivity index (χ3v) is 4.09. The molecule has 2 N–H and O–H groups in total. The van der Waals surface area contributed by atoms with Gasteiger partial charge in [-0.05, 0) is 36.2 Å². The average molecular weight is 336 g/mol. The number of H-pyrrole nitrogens is 1. The summed E-state index contributed by atoms with van der Waals surface area (Å²) in [6.45, 7) is 2.35. The van der Waals surface area contributed by atoms with Crippen molar-refractivity contribution in [1.29, 1.82) is 0 Å². The van der Waals surface area contributed by atoms with Crippen LogP contribution in [0.2, 0.25) is 0 Å². The summed E-state index contributed by atoms with van der Waals surface area (Å²) in [7, 11) is 1.59. The number of aromatic amines is 1. The Kier molecular flexibility index (Phi) is 4.95. The molecule has 0 unspecified atom stereocenters. The molecular weight excluding hydrogens is 316 g/mol. The summed E-state index contributed by atoms with van der Waals surface area (Å²) < 4.78 is 5.14. The SMILES string of the molecule is CCc1cc(=O)c2cc(NC(=O)c3ccccc3COC)ccc2[nH]1. The van der Waals surface area contributed by atoms with Crippen LogP contribution < -0.4 is 10.7 Å². The van der Waals surface area contributed by atoms with E-state index < -0.39 is 0 Å². The Morgan fingerprint density at radius 3 is 2.72 bits per heavy atom. The van der Waals surface area contributed by atoms with Crippen molar-refractivity contribution in [2.75, 3.05) is 12.4 Å². The summed E-state index contributed by atoms with van der Waals surface area (Å²) >= 11 is 0. The van der Waals surface area contributed by atoms with E-state index in [0.29, 0.717) is 23.2 Å². The maximum atomic E-state index is 12.6. The number of fused-ring (bicyclic) bond motifs is 1. The molecule has 0 fully saturated rings. The number of anilines is 1. The van der Waals surface area contributed by atoms with Crippen LogP contribution in [0.1, 0.15) is 28.5 Å². The topological polar surface area (TPSA) is 71.2 Å². The Labute approximate surface area is 145 Å². The van der Waals surface area contributed by atoms with Gasteiger partial charge in [0, 0.05) is 41.0 Å². The molecule has 0 aliphatic heterocycles. The third-order valence-electron chi connectivity index (χ3n) is 4.09. The van der Waals surface area contributed by atoms with Crippen LogP contribution in [-0.2, 0) is 17.8 Å². The number of rotatable bonds is 5. The number of nitrogens with one attached hydrogen (secondary N) is 2. The molecule has 1 heterocycles. The number of pyridine rings is 1. The van der Waals surface area contributed by atoms with Gasteiger partial charge in [0.05, 0.1) is 6.61 Å². The molecule has 0 bridgehead atoms. The highest BCUT2D eigenvalue weighted by molar-refractivity contribution is 6.06. The fourth-order valence-electron chi connectivity index (χ4n) is 2.79. The van der Waals surface area contributed by atoms with E-state index in [1.807, 2.05) is 31.2 Å². The van der Waals surface area contributed by atoms with Crippen molar-refractivity contribution in [2.24, 2.45) is 0 Å². The summed E-state index contributed by atoms with van der Waals surface area (Å²) in [6, 6.07) is 14.2. The summed E-state index contributed by atoms with van der Waals surface area (Å²) in [5.74, 6) is -0.228. The molecule has 2 aromatic carbocycles. The second kappa shape index (κ2) is 7.32. The molecule has 0 radical (unpaired) electrons. The van der Waals surface area contributed by atoms with Gasteiger partial charge >= 0.3 is 0 Å². The van der Waals surface area contributed by atoms with Crippen LogP contribution >= 0.6 is 0 Å². The number of hydrogen-bond donors (Lipinski definition) is 2. The van der Waals surface area contributed by atoms with Gasteiger partial charge in [-0.2, -0.15) is 0 Å². The molecule has 5 heteroatoms. The Balaban J connectivity index is 1.92. The number of ether oxygens (including phenoxy) is 1. The lowest BCUT2D eigenvalue weighted by Crippen LogP contribution is -2.15. The van der Waals surface area contributed by atoms with E-state index in [4.69, 9.17) is 4.74 Å². The van der Waals surface area contributed by atoms with Gasteiger partial charge in [0.2, 0.25) is 0 Å². The van der Waals surface area contributed by atoms with E-state index in [-0.39, 0.29) is 11.3 Å². The maximum Gasteiger partial charge on any atom is 0.256 e. The fourth-order valence-corrected chi connectivity index (χ4v) is 2.79. The van der Waals surface area contributed by atoms with Crippen molar-refractivity contribution in [3.05, 3.63) is 75.6 Å². The van der Waals surface area contributed by atoms with Crippen molar-refractivity contribution in [3.8, 4) is 0 Å². The van der Waals surface area contributed by atoms with Gasteiger partial charge in [0.25, 0.3) is 5.91 Å². The Morgan fingerprint density at radius 1 is 1.16 bits per heavy atom. The minimum atomic E-state index is -0.228. The zero-order chi connectivity index (χ0) is 17.8. The van der Waals surface area contributed by atoms with Crippen molar-refractivity contribution in [1.82, 2.24) is 4.98 Å². The van der Waals surface area contributed by atoms with E-state index in [1.165, 1.54) is 0 Å². The maximum absolute atomic E-state index is 12.6. The summed E-state index contributed by atoms with van der Waals surface area (Å²) in [4.78, 5) is 28.1. The standard InChI is InChI=1S/C20H20N2O3/c1-3-14-11-19(23)17-10-15(8-9-18(17)21-14)22-20(24)16-7-5-4-6-13(16)12-25-2/h4-11H,3,12H2,1-2H3,(H,21,23)(H,22,24). The first-order valence-electron chi connectivity index (χ1n) is 8.16.